The zero-order valence-electron chi connectivity index (χ0n) is 25.8. The van der Waals surface area contributed by atoms with Gasteiger partial charge in [0.05, 0.1) is 59.1 Å². The van der Waals surface area contributed by atoms with E-state index >= 15 is 8.78 Å². The van der Waals surface area contributed by atoms with Crippen molar-refractivity contribution < 1.29 is 37.3 Å². The summed E-state index contributed by atoms with van der Waals surface area (Å²) in [5.41, 5.74) is 1.14. The SMILES string of the molecule is CN(C)C(=O)[C@@H]1COC[C@@H]1n1c(Cc2cc(F)c(-c3cccc(OCc4ccc(C#N)cc4F)n3)cc2F)nc2ccc(C(=O)O)cc21. The second kappa shape index (κ2) is 13.2. The van der Waals surface area contributed by atoms with Gasteiger partial charge in [0.2, 0.25) is 11.8 Å². The minimum atomic E-state index is -1.15. The fraction of sp³-hybridized carbons (Fsp3) is 0.229. The third kappa shape index (κ3) is 6.30. The molecule has 2 aromatic heterocycles. The summed E-state index contributed by atoms with van der Waals surface area (Å²) < 4.78 is 58.6. The van der Waals surface area contributed by atoms with Gasteiger partial charge in [-0.1, -0.05) is 12.1 Å². The van der Waals surface area contributed by atoms with Crippen LogP contribution in [0.4, 0.5) is 13.2 Å². The molecule has 0 aliphatic carbocycles. The zero-order chi connectivity index (χ0) is 34.1. The fourth-order valence-electron chi connectivity index (χ4n) is 5.76. The van der Waals surface area contributed by atoms with Crippen molar-refractivity contribution in [1.82, 2.24) is 19.4 Å². The lowest BCUT2D eigenvalue weighted by molar-refractivity contribution is -0.133. The van der Waals surface area contributed by atoms with Gasteiger partial charge in [0.1, 0.15) is 29.9 Å². The molecule has 0 spiro atoms. The summed E-state index contributed by atoms with van der Waals surface area (Å²) >= 11 is 0. The van der Waals surface area contributed by atoms with Crippen molar-refractivity contribution in [1.29, 1.82) is 5.26 Å². The Morgan fingerprint density at radius 1 is 1.00 bits per heavy atom. The quantitative estimate of drug-likeness (QED) is 0.219. The van der Waals surface area contributed by atoms with E-state index in [2.05, 4.69) is 9.97 Å². The monoisotopic (exact) mass is 655 g/mol. The van der Waals surface area contributed by atoms with Gasteiger partial charge in [-0.25, -0.2) is 27.9 Å². The molecule has 1 saturated heterocycles. The van der Waals surface area contributed by atoms with Crippen LogP contribution in [0.15, 0.2) is 66.7 Å². The molecule has 1 fully saturated rings. The number of hydrogen-bond acceptors (Lipinski definition) is 7. The first-order chi connectivity index (χ1) is 23.0. The average Bonchev–Trinajstić information content (AvgIpc) is 3.69. The number of amides is 1. The first kappa shape index (κ1) is 32.2. The lowest BCUT2D eigenvalue weighted by Gasteiger charge is -2.24. The molecule has 6 rings (SSSR count). The molecule has 1 amide bonds. The van der Waals surface area contributed by atoms with Gasteiger partial charge < -0.3 is 24.0 Å². The molecule has 244 valence electrons. The fourth-order valence-corrected chi connectivity index (χ4v) is 5.76. The van der Waals surface area contributed by atoms with Crippen molar-refractivity contribution in [2.75, 3.05) is 27.3 Å². The van der Waals surface area contributed by atoms with Gasteiger partial charge in [0.25, 0.3) is 0 Å². The number of carboxylic acids is 1. The molecule has 2 atom stereocenters. The number of carbonyl (C=O) groups is 2. The van der Waals surface area contributed by atoms with E-state index in [9.17, 15) is 19.1 Å². The van der Waals surface area contributed by atoms with E-state index in [0.717, 1.165) is 18.2 Å². The number of hydrogen-bond donors (Lipinski definition) is 1. The van der Waals surface area contributed by atoms with Crippen LogP contribution >= 0.6 is 0 Å². The highest BCUT2D eigenvalue weighted by Crippen LogP contribution is 2.34. The first-order valence-corrected chi connectivity index (χ1v) is 14.8. The van der Waals surface area contributed by atoms with Gasteiger partial charge in [0.15, 0.2) is 0 Å². The van der Waals surface area contributed by atoms with Gasteiger partial charge in [-0.15, -0.1) is 0 Å². The number of carbonyl (C=O) groups excluding carboxylic acids is 1. The highest BCUT2D eigenvalue weighted by atomic mass is 19.1. The first-order valence-electron chi connectivity index (χ1n) is 14.8. The van der Waals surface area contributed by atoms with Gasteiger partial charge in [-0.3, -0.25) is 4.79 Å². The predicted molar refractivity (Wildman–Crippen MR) is 167 cm³/mol. The molecular weight excluding hydrogens is 627 g/mol. The van der Waals surface area contributed by atoms with Crippen LogP contribution in [-0.4, -0.2) is 63.7 Å². The number of ether oxygens (including phenoxy) is 2. The molecule has 10 nitrogen and oxygen atoms in total. The molecule has 0 unspecified atom stereocenters. The van der Waals surface area contributed by atoms with Gasteiger partial charge in [0, 0.05) is 37.7 Å². The zero-order valence-corrected chi connectivity index (χ0v) is 25.8. The van der Waals surface area contributed by atoms with E-state index < -0.39 is 35.4 Å². The maximum atomic E-state index is 15.7. The number of aromatic carboxylic acids is 1. The maximum Gasteiger partial charge on any atom is 0.335 e. The highest BCUT2D eigenvalue weighted by molar-refractivity contribution is 5.92. The number of carboxylic acid groups (broad SMARTS) is 1. The summed E-state index contributed by atoms with van der Waals surface area (Å²) in [5, 5.41) is 18.6. The van der Waals surface area contributed by atoms with E-state index in [1.54, 1.807) is 24.7 Å². The Hall–Kier alpha value is -5.74. The van der Waals surface area contributed by atoms with Crippen LogP contribution in [0.3, 0.4) is 0 Å². The van der Waals surface area contributed by atoms with Crippen molar-refractivity contribution >= 4 is 22.9 Å². The molecule has 3 aromatic carbocycles. The standard InChI is InChI=1S/C35H28F3N5O5/c1-42(2)34(44)24-17-47-18-31(24)43-30-12-20(35(45)46)8-9-29(30)40-32(43)13-22-11-27(38)23(14-26(22)37)28-4-3-5-33(41-28)48-16-21-7-6-19(15-39)10-25(21)36/h3-12,14,24,31H,13,16-18H2,1-2H3,(H,45,46)/t24-,31+/m1/s1. The highest BCUT2D eigenvalue weighted by Gasteiger charge is 2.38. The molecule has 13 heteroatoms. The number of fused-ring (bicyclic) bond motifs is 1. The number of aromatic nitrogens is 3. The van der Waals surface area contributed by atoms with Crippen LogP contribution in [-0.2, 0) is 22.6 Å². The van der Waals surface area contributed by atoms with E-state index in [-0.39, 0.29) is 71.5 Å². The summed E-state index contributed by atoms with van der Waals surface area (Å²) in [6, 6.07) is 16.2. The molecule has 5 aromatic rings. The number of pyridine rings is 1. The molecule has 0 bridgehead atoms. The summed E-state index contributed by atoms with van der Waals surface area (Å²) in [4.78, 5) is 35.2. The van der Waals surface area contributed by atoms with Gasteiger partial charge in [-0.2, -0.15) is 5.26 Å². The topological polar surface area (TPSA) is 131 Å². The molecule has 48 heavy (non-hydrogen) atoms. The van der Waals surface area contributed by atoms with Gasteiger partial charge in [-0.05, 0) is 54.1 Å². The van der Waals surface area contributed by atoms with Gasteiger partial charge >= 0.3 is 5.97 Å². The Kier molecular flexibility index (Phi) is 8.84. The lowest BCUT2D eigenvalue weighted by atomic mass is 10.0. The molecule has 3 heterocycles. The van der Waals surface area contributed by atoms with Crippen LogP contribution < -0.4 is 4.74 Å². The number of rotatable bonds is 9. The maximum absolute atomic E-state index is 15.7. The Bertz CT molecular complexity index is 2110. The summed E-state index contributed by atoms with van der Waals surface area (Å²) in [6.07, 6.45) is -0.174. The Morgan fingerprint density at radius 3 is 2.52 bits per heavy atom. The number of halogens is 3. The Morgan fingerprint density at radius 2 is 1.79 bits per heavy atom. The van der Waals surface area contributed by atoms with E-state index in [1.165, 1.54) is 47.4 Å². The Balaban J connectivity index is 1.31. The largest absolute Gasteiger partial charge is 0.478 e. The van der Waals surface area contributed by atoms with Crippen LogP contribution in [0.1, 0.15) is 38.9 Å². The van der Waals surface area contributed by atoms with Crippen molar-refractivity contribution in [3.8, 4) is 23.2 Å². The number of nitrogens with zero attached hydrogens (tertiary/aromatic N) is 5. The minimum Gasteiger partial charge on any atom is -0.478 e. The van der Waals surface area contributed by atoms with E-state index in [1.807, 2.05) is 6.07 Å². The third-order valence-corrected chi connectivity index (χ3v) is 8.19. The van der Waals surface area contributed by atoms with Crippen LogP contribution in [0.5, 0.6) is 5.88 Å². The number of imidazole rings is 1. The summed E-state index contributed by atoms with van der Waals surface area (Å²) in [5.74, 6) is -3.73. The predicted octanol–water partition coefficient (Wildman–Crippen LogP) is 5.53. The van der Waals surface area contributed by atoms with Crippen molar-refractivity contribution in [3.05, 3.63) is 112 Å². The smallest absolute Gasteiger partial charge is 0.335 e. The molecule has 0 saturated carbocycles. The summed E-state index contributed by atoms with van der Waals surface area (Å²) in [6.45, 7) is 0.0682. The van der Waals surface area contributed by atoms with E-state index in [0.29, 0.717) is 16.9 Å². The molecular formula is C35H28F3N5O5. The van der Waals surface area contributed by atoms with Crippen LogP contribution in [0, 0.1) is 34.7 Å². The Labute approximate surface area is 272 Å². The van der Waals surface area contributed by atoms with Crippen LogP contribution in [0.25, 0.3) is 22.3 Å². The van der Waals surface area contributed by atoms with E-state index in [4.69, 9.17) is 14.7 Å². The summed E-state index contributed by atoms with van der Waals surface area (Å²) in [7, 11) is 3.25. The number of nitriles is 1. The number of benzene rings is 3. The second-order valence-electron chi connectivity index (χ2n) is 11.5. The lowest BCUT2D eigenvalue weighted by Crippen LogP contribution is -2.35. The molecule has 1 aliphatic rings. The molecule has 1 aliphatic heterocycles. The van der Waals surface area contributed by atoms with Crippen molar-refractivity contribution in [3.63, 3.8) is 0 Å². The third-order valence-electron chi connectivity index (χ3n) is 8.19. The average molecular weight is 656 g/mol. The minimum absolute atomic E-state index is 0.00641. The van der Waals surface area contributed by atoms with Crippen molar-refractivity contribution in [2.45, 2.75) is 19.1 Å². The normalized spacial score (nSPS) is 15.8. The second-order valence-corrected chi connectivity index (χ2v) is 11.5. The van der Waals surface area contributed by atoms with Crippen LogP contribution in [0.2, 0.25) is 0 Å². The molecule has 1 N–H and O–H groups in total. The van der Waals surface area contributed by atoms with Crippen molar-refractivity contribution in [2.24, 2.45) is 5.92 Å². The molecule has 0 radical (unpaired) electrons.